The van der Waals surface area contributed by atoms with Crippen molar-refractivity contribution in [2.75, 3.05) is 18.1 Å². The average Bonchev–Trinajstić information content (AvgIpc) is 3.14. The minimum Gasteiger partial charge on any atom is -0.395 e. The number of halogens is 1. The van der Waals surface area contributed by atoms with Gasteiger partial charge in [-0.05, 0) is 17.7 Å². The van der Waals surface area contributed by atoms with E-state index in [4.69, 9.17) is 11.6 Å². The average molecular weight is 396 g/mol. The van der Waals surface area contributed by atoms with Crippen molar-refractivity contribution in [3.8, 4) is 5.95 Å². The molecule has 2 aromatic carbocycles. The summed E-state index contributed by atoms with van der Waals surface area (Å²) in [6, 6.07) is 17.2. The third-order valence-corrected chi connectivity index (χ3v) is 4.76. The predicted octanol–water partition coefficient (Wildman–Crippen LogP) is 2.76. The van der Waals surface area contributed by atoms with Gasteiger partial charge in [-0.2, -0.15) is 9.78 Å². The van der Waals surface area contributed by atoms with Crippen molar-refractivity contribution < 1.29 is 5.11 Å². The second-order valence-corrected chi connectivity index (χ2v) is 6.65. The van der Waals surface area contributed by atoms with Gasteiger partial charge in [-0.25, -0.2) is 4.98 Å². The zero-order valence-corrected chi connectivity index (χ0v) is 15.7. The van der Waals surface area contributed by atoms with Crippen LogP contribution in [-0.4, -0.2) is 38.0 Å². The third-order valence-electron chi connectivity index (χ3n) is 4.40. The highest BCUT2D eigenvalue weighted by atomic mass is 35.5. The van der Waals surface area contributed by atoms with Crippen LogP contribution in [0.15, 0.2) is 65.6 Å². The number of H-pyrrole nitrogens is 1. The second-order valence-electron chi connectivity index (χ2n) is 6.27. The number of fused-ring (bicyclic) bond motifs is 1. The molecular weight excluding hydrogens is 378 g/mol. The van der Waals surface area contributed by atoms with Gasteiger partial charge in [0.2, 0.25) is 5.95 Å². The normalized spacial score (nSPS) is 11.1. The van der Waals surface area contributed by atoms with E-state index in [1.54, 1.807) is 0 Å². The number of aromatic nitrogens is 4. The van der Waals surface area contributed by atoms with Crippen LogP contribution in [0.3, 0.4) is 0 Å². The van der Waals surface area contributed by atoms with Crippen molar-refractivity contribution in [2.24, 2.45) is 0 Å². The number of aliphatic hydroxyl groups excluding tert-OH is 1. The van der Waals surface area contributed by atoms with Gasteiger partial charge in [0.05, 0.1) is 29.5 Å². The van der Waals surface area contributed by atoms with E-state index < -0.39 is 5.56 Å². The molecule has 0 saturated carbocycles. The molecule has 0 saturated heterocycles. The highest BCUT2D eigenvalue weighted by Crippen LogP contribution is 2.23. The van der Waals surface area contributed by atoms with Crippen molar-refractivity contribution >= 4 is 28.3 Å². The molecule has 4 aromatic rings. The molecule has 0 unspecified atom stereocenters. The summed E-state index contributed by atoms with van der Waals surface area (Å²) >= 11 is 6.41. The Labute approximate surface area is 165 Å². The Morgan fingerprint density at radius 2 is 1.86 bits per heavy atom. The maximum absolute atomic E-state index is 12.8. The Bertz CT molecular complexity index is 1120. The molecule has 8 heteroatoms. The smallest absolute Gasteiger partial charge is 0.295 e. The molecule has 0 aliphatic heterocycles. The van der Waals surface area contributed by atoms with Crippen LogP contribution in [-0.2, 0) is 6.54 Å². The zero-order valence-electron chi connectivity index (χ0n) is 14.9. The van der Waals surface area contributed by atoms with Crippen molar-refractivity contribution in [2.45, 2.75) is 6.54 Å². The number of aromatic amines is 1. The molecule has 0 spiro atoms. The van der Waals surface area contributed by atoms with Crippen molar-refractivity contribution in [1.29, 1.82) is 0 Å². The van der Waals surface area contributed by atoms with Gasteiger partial charge in [-0.3, -0.25) is 4.79 Å². The molecule has 142 valence electrons. The number of rotatable bonds is 6. The highest BCUT2D eigenvalue weighted by Gasteiger charge is 2.18. The van der Waals surface area contributed by atoms with Gasteiger partial charge in [0.15, 0.2) is 0 Å². The lowest BCUT2D eigenvalue weighted by Crippen LogP contribution is -2.30. The Balaban J connectivity index is 1.72. The van der Waals surface area contributed by atoms with E-state index in [2.05, 4.69) is 15.1 Å². The largest absolute Gasteiger partial charge is 0.395 e. The molecule has 2 N–H and O–H groups in total. The molecule has 0 aliphatic carbocycles. The third kappa shape index (κ3) is 3.49. The molecule has 0 radical (unpaired) electrons. The number of hydrogen-bond acceptors (Lipinski definition) is 5. The summed E-state index contributed by atoms with van der Waals surface area (Å²) in [5, 5.41) is 13.7. The Kier molecular flexibility index (Phi) is 5.10. The molecular formula is C20H18ClN5O2. The van der Waals surface area contributed by atoms with Crippen molar-refractivity contribution in [1.82, 2.24) is 19.7 Å². The number of imidazole rings is 1. The standard InChI is InChI=1S/C20H18ClN5O2/c21-18-17(25(10-11-27)13-14-6-2-1-3-7-14)12-22-26(19(18)28)20-23-15-8-4-5-9-16(15)24-20/h1-9,12,27H,10-11,13H2,(H,23,24). The molecule has 28 heavy (non-hydrogen) atoms. The van der Waals surface area contributed by atoms with Crippen LogP contribution in [0.25, 0.3) is 17.0 Å². The van der Waals surface area contributed by atoms with E-state index in [0.717, 1.165) is 21.3 Å². The first-order chi connectivity index (χ1) is 13.7. The lowest BCUT2D eigenvalue weighted by Gasteiger charge is -2.24. The van der Waals surface area contributed by atoms with Crippen molar-refractivity contribution in [3.63, 3.8) is 0 Å². The molecule has 0 fully saturated rings. The van der Waals surface area contributed by atoms with Gasteiger partial charge in [0.1, 0.15) is 5.02 Å². The topological polar surface area (TPSA) is 87.0 Å². The molecule has 0 aliphatic rings. The van der Waals surface area contributed by atoms with E-state index in [1.807, 2.05) is 59.5 Å². The zero-order chi connectivity index (χ0) is 19.5. The minimum atomic E-state index is -0.478. The summed E-state index contributed by atoms with van der Waals surface area (Å²) in [5.74, 6) is 0.302. The van der Waals surface area contributed by atoms with Gasteiger partial charge in [0, 0.05) is 13.1 Å². The highest BCUT2D eigenvalue weighted by molar-refractivity contribution is 6.33. The predicted molar refractivity (Wildman–Crippen MR) is 109 cm³/mol. The first-order valence-electron chi connectivity index (χ1n) is 8.80. The molecule has 0 atom stereocenters. The summed E-state index contributed by atoms with van der Waals surface area (Å²) < 4.78 is 1.14. The number of nitrogens with one attached hydrogen (secondary N) is 1. The van der Waals surface area contributed by atoms with Crippen LogP contribution in [0.2, 0.25) is 5.02 Å². The van der Waals surface area contributed by atoms with E-state index in [9.17, 15) is 9.90 Å². The summed E-state index contributed by atoms with van der Waals surface area (Å²) in [4.78, 5) is 22.1. The molecule has 0 amide bonds. The quantitative estimate of drug-likeness (QED) is 0.524. The maximum atomic E-state index is 12.8. The minimum absolute atomic E-state index is 0.0276. The van der Waals surface area contributed by atoms with Crippen LogP contribution in [0, 0.1) is 0 Å². The van der Waals surface area contributed by atoms with E-state index >= 15 is 0 Å². The first kappa shape index (κ1) is 18.2. The fourth-order valence-corrected chi connectivity index (χ4v) is 3.29. The van der Waals surface area contributed by atoms with Gasteiger partial charge >= 0.3 is 0 Å². The first-order valence-corrected chi connectivity index (χ1v) is 9.18. The molecule has 7 nitrogen and oxygen atoms in total. The number of anilines is 1. The van der Waals surface area contributed by atoms with Gasteiger partial charge < -0.3 is 15.0 Å². The molecule has 2 heterocycles. The molecule has 0 bridgehead atoms. The van der Waals surface area contributed by atoms with Crippen LogP contribution in [0.5, 0.6) is 0 Å². The van der Waals surface area contributed by atoms with E-state index in [1.165, 1.54) is 6.20 Å². The maximum Gasteiger partial charge on any atom is 0.295 e. The summed E-state index contributed by atoms with van der Waals surface area (Å²) in [6.07, 6.45) is 1.52. The van der Waals surface area contributed by atoms with Crippen molar-refractivity contribution in [3.05, 3.63) is 81.7 Å². The van der Waals surface area contributed by atoms with Gasteiger partial charge in [-0.1, -0.05) is 54.1 Å². The lowest BCUT2D eigenvalue weighted by atomic mass is 10.2. The number of nitrogens with zero attached hydrogens (tertiary/aromatic N) is 4. The van der Waals surface area contributed by atoms with Crippen LogP contribution >= 0.6 is 11.6 Å². The number of para-hydroxylation sites is 2. The van der Waals surface area contributed by atoms with E-state index in [0.29, 0.717) is 24.7 Å². The van der Waals surface area contributed by atoms with Crippen LogP contribution < -0.4 is 10.5 Å². The summed E-state index contributed by atoms with van der Waals surface area (Å²) in [6.45, 7) is 0.747. The fraction of sp³-hybridized carbons (Fsp3) is 0.150. The summed E-state index contributed by atoms with van der Waals surface area (Å²) in [5.41, 5.74) is 2.56. The van der Waals surface area contributed by atoms with Gasteiger partial charge in [-0.15, -0.1) is 0 Å². The molecule has 2 aromatic heterocycles. The Morgan fingerprint density at radius 1 is 1.11 bits per heavy atom. The summed E-state index contributed by atoms with van der Waals surface area (Å²) in [7, 11) is 0. The lowest BCUT2D eigenvalue weighted by molar-refractivity contribution is 0.301. The van der Waals surface area contributed by atoms with E-state index in [-0.39, 0.29) is 11.6 Å². The Morgan fingerprint density at radius 3 is 2.61 bits per heavy atom. The van der Waals surface area contributed by atoms with Crippen LogP contribution in [0.1, 0.15) is 5.56 Å². The van der Waals surface area contributed by atoms with Gasteiger partial charge in [0.25, 0.3) is 5.56 Å². The monoisotopic (exact) mass is 395 g/mol. The number of benzene rings is 2. The van der Waals surface area contributed by atoms with Crippen LogP contribution in [0.4, 0.5) is 5.69 Å². The number of hydrogen-bond donors (Lipinski definition) is 2. The fourth-order valence-electron chi connectivity index (χ4n) is 3.04. The SMILES string of the molecule is O=c1c(Cl)c(N(CCO)Cc2ccccc2)cnn1-c1nc2ccccc2[nH]1. The molecule has 4 rings (SSSR count). The number of aliphatic hydroxyl groups is 1. The second kappa shape index (κ2) is 7.84. The Hall–Kier alpha value is -3.16.